The number of hydrogen-bond acceptors (Lipinski definition) is 4. The first-order valence-corrected chi connectivity index (χ1v) is 13.6. The lowest BCUT2D eigenvalue weighted by atomic mass is 9.94. The standard InChI is InChI=1S/C31H42F3N5O/c1-8-11-12-24(9-2)23(6)27-20-28(35-18-16-31(32,33)34)29(39(7)38-27)36-17-15-21(4)19-22(5)26(10-3)30(40)37-25-13-14-25/h8,10-12,19-20,24-25,35H,1,4,6,9,13-18H2,2-3,5,7H3,(H,37,40). The molecular formula is C31H42F3N5O. The smallest absolute Gasteiger partial charge is 0.382 e. The summed E-state index contributed by atoms with van der Waals surface area (Å²) in [5, 5.41) is 10.5. The summed E-state index contributed by atoms with van der Waals surface area (Å²) in [6.07, 6.45) is 7.21. The summed E-state index contributed by atoms with van der Waals surface area (Å²) in [4.78, 5) is 17.1. The number of aryl methyl sites for hydroxylation is 1. The summed E-state index contributed by atoms with van der Waals surface area (Å²) >= 11 is 0. The van der Waals surface area contributed by atoms with Crippen molar-refractivity contribution in [3.8, 4) is 0 Å². The third-order valence-corrected chi connectivity index (χ3v) is 6.49. The van der Waals surface area contributed by atoms with Gasteiger partial charge in [-0.25, -0.2) is 4.68 Å². The SMILES string of the molecule is C=CC=CC(CC)C(=C)c1cc(NCCC(F)(F)F)c(=NCCC(=C)C=C(C)C(=CC)C(=O)NC2CC2)n(C)n1. The number of allylic oxidation sites excluding steroid dienone is 6. The molecule has 0 spiro atoms. The van der Waals surface area contributed by atoms with E-state index in [2.05, 4.69) is 40.5 Å². The van der Waals surface area contributed by atoms with Crippen LogP contribution in [0.5, 0.6) is 0 Å². The van der Waals surface area contributed by atoms with E-state index < -0.39 is 12.6 Å². The van der Waals surface area contributed by atoms with Crippen LogP contribution in [0.15, 0.2) is 77.9 Å². The number of aromatic nitrogens is 2. The molecule has 1 amide bonds. The number of halogens is 3. The quantitative estimate of drug-likeness (QED) is 0.189. The van der Waals surface area contributed by atoms with E-state index in [4.69, 9.17) is 0 Å². The normalized spacial score (nSPS) is 15.7. The van der Waals surface area contributed by atoms with Crippen molar-refractivity contribution < 1.29 is 18.0 Å². The highest BCUT2D eigenvalue weighted by atomic mass is 19.4. The Morgan fingerprint density at radius 3 is 2.60 bits per heavy atom. The number of nitrogens with zero attached hydrogens (tertiary/aromatic N) is 3. The average molecular weight is 558 g/mol. The fraction of sp³-hybridized carbons (Fsp3) is 0.452. The van der Waals surface area contributed by atoms with Gasteiger partial charge in [-0.15, -0.1) is 0 Å². The number of alkyl halides is 3. The van der Waals surface area contributed by atoms with E-state index in [0.29, 0.717) is 35.4 Å². The van der Waals surface area contributed by atoms with Crippen LogP contribution < -0.4 is 16.1 Å². The van der Waals surface area contributed by atoms with E-state index in [-0.39, 0.29) is 24.4 Å². The Kier molecular flexibility index (Phi) is 12.4. The molecule has 1 heterocycles. The number of carbonyl (C=O) groups is 1. The first kappa shape index (κ1) is 32.6. The van der Waals surface area contributed by atoms with Gasteiger partial charge in [-0.3, -0.25) is 9.79 Å². The number of anilines is 1. The van der Waals surface area contributed by atoms with E-state index >= 15 is 0 Å². The molecule has 2 rings (SSSR count). The lowest BCUT2D eigenvalue weighted by Gasteiger charge is -2.17. The molecule has 1 unspecified atom stereocenters. The Balaban J connectivity index is 2.26. The zero-order valence-corrected chi connectivity index (χ0v) is 24.1. The van der Waals surface area contributed by atoms with Crippen LogP contribution in [0, 0.1) is 5.92 Å². The minimum atomic E-state index is -4.28. The summed E-state index contributed by atoms with van der Waals surface area (Å²) in [7, 11) is 1.71. The zero-order valence-electron chi connectivity index (χ0n) is 24.1. The third kappa shape index (κ3) is 10.5. The van der Waals surface area contributed by atoms with Crippen LogP contribution in [0.25, 0.3) is 5.57 Å². The highest BCUT2D eigenvalue weighted by Gasteiger charge is 2.26. The summed E-state index contributed by atoms with van der Waals surface area (Å²) in [5.41, 5.74) is 4.41. The van der Waals surface area contributed by atoms with Crippen molar-refractivity contribution in [3.63, 3.8) is 0 Å². The van der Waals surface area contributed by atoms with Crippen molar-refractivity contribution >= 4 is 17.2 Å². The molecule has 1 aromatic heterocycles. The van der Waals surface area contributed by atoms with Crippen molar-refractivity contribution in [2.24, 2.45) is 18.0 Å². The highest BCUT2D eigenvalue weighted by Crippen LogP contribution is 2.26. The van der Waals surface area contributed by atoms with Gasteiger partial charge in [0, 0.05) is 37.7 Å². The summed E-state index contributed by atoms with van der Waals surface area (Å²) in [5.74, 6) is -0.0843. The van der Waals surface area contributed by atoms with Crippen molar-refractivity contribution in [2.75, 3.05) is 18.4 Å². The predicted octanol–water partition coefficient (Wildman–Crippen LogP) is 6.58. The van der Waals surface area contributed by atoms with Gasteiger partial charge in [0.1, 0.15) is 0 Å². The van der Waals surface area contributed by atoms with Gasteiger partial charge in [-0.2, -0.15) is 18.3 Å². The number of hydrogen-bond donors (Lipinski definition) is 2. The van der Waals surface area contributed by atoms with Gasteiger partial charge in [-0.1, -0.05) is 62.6 Å². The minimum Gasteiger partial charge on any atom is -0.382 e. The molecule has 2 N–H and O–H groups in total. The Hall–Kier alpha value is -3.62. The van der Waals surface area contributed by atoms with Crippen molar-refractivity contribution in [2.45, 2.75) is 65.1 Å². The molecule has 0 bridgehead atoms. The Labute approximate surface area is 235 Å². The monoisotopic (exact) mass is 557 g/mol. The second-order valence-electron chi connectivity index (χ2n) is 9.91. The van der Waals surface area contributed by atoms with Crippen molar-refractivity contribution in [3.05, 3.63) is 84.1 Å². The molecule has 1 aliphatic carbocycles. The fourth-order valence-electron chi connectivity index (χ4n) is 4.12. The van der Waals surface area contributed by atoms with Gasteiger partial charge in [0.2, 0.25) is 0 Å². The number of nitrogens with one attached hydrogen (secondary N) is 2. The Morgan fingerprint density at radius 2 is 2.02 bits per heavy atom. The number of rotatable bonds is 15. The summed E-state index contributed by atoms with van der Waals surface area (Å²) in [6, 6.07) is 1.98. The molecule has 1 fully saturated rings. The van der Waals surface area contributed by atoms with E-state index in [0.717, 1.165) is 36.0 Å². The van der Waals surface area contributed by atoms with Crippen LogP contribution in [0.4, 0.5) is 18.9 Å². The van der Waals surface area contributed by atoms with Crippen molar-refractivity contribution in [1.29, 1.82) is 0 Å². The number of carbonyl (C=O) groups excluding carboxylic acids is 1. The highest BCUT2D eigenvalue weighted by molar-refractivity contribution is 5.98. The van der Waals surface area contributed by atoms with E-state index in [1.54, 1.807) is 29.9 Å². The van der Waals surface area contributed by atoms with Gasteiger partial charge in [0.25, 0.3) is 5.91 Å². The zero-order chi connectivity index (χ0) is 29.9. The lowest BCUT2D eigenvalue weighted by molar-refractivity contribution is -0.131. The molecule has 0 saturated heterocycles. The molecule has 6 nitrogen and oxygen atoms in total. The van der Waals surface area contributed by atoms with Crippen LogP contribution in [0.3, 0.4) is 0 Å². The molecule has 40 heavy (non-hydrogen) atoms. The maximum Gasteiger partial charge on any atom is 0.390 e. The largest absolute Gasteiger partial charge is 0.390 e. The second kappa shape index (κ2) is 15.2. The van der Waals surface area contributed by atoms with Crippen LogP contribution in [-0.2, 0) is 11.8 Å². The number of amides is 1. The molecule has 0 aromatic carbocycles. The molecule has 1 saturated carbocycles. The molecule has 1 aliphatic rings. The van der Waals surface area contributed by atoms with Gasteiger partial charge >= 0.3 is 6.18 Å². The van der Waals surface area contributed by atoms with Crippen LogP contribution in [-0.4, -0.2) is 41.0 Å². The first-order valence-electron chi connectivity index (χ1n) is 13.6. The summed E-state index contributed by atoms with van der Waals surface area (Å²) in [6.45, 7) is 17.8. The van der Waals surface area contributed by atoms with Gasteiger partial charge < -0.3 is 10.6 Å². The first-order chi connectivity index (χ1) is 18.9. The van der Waals surface area contributed by atoms with Gasteiger partial charge in [0.05, 0.1) is 17.8 Å². The van der Waals surface area contributed by atoms with Gasteiger partial charge in [-0.05, 0) is 56.7 Å². The van der Waals surface area contributed by atoms with Crippen LogP contribution >= 0.6 is 0 Å². The maximum absolute atomic E-state index is 12.9. The third-order valence-electron chi connectivity index (χ3n) is 6.49. The molecule has 1 atom stereocenters. The Bertz CT molecular complexity index is 1250. The topological polar surface area (TPSA) is 71.3 Å². The molecular weight excluding hydrogens is 515 g/mol. The molecule has 218 valence electrons. The van der Waals surface area contributed by atoms with E-state index in [1.807, 2.05) is 39.0 Å². The summed E-state index contributed by atoms with van der Waals surface area (Å²) < 4.78 is 40.1. The van der Waals surface area contributed by atoms with E-state index in [1.165, 1.54) is 0 Å². The fourth-order valence-corrected chi connectivity index (χ4v) is 4.12. The molecule has 0 aliphatic heterocycles. The predicted molar refractivity (Wildman–Crippen MR) is 157 cm³/mol. The second-order valence-corrected chi connectivity index (χ2v) is 9.91. The van der Waals surface area contributed by atoms with Crippen molar-refractivity contribution in [1.82, 2.24) is 15.1 Å². The average Bonchev–Trinajstić information content (AvgIpc) is 3.69. The molecule has 9 heteroatoms. The van der Waals surface area contributed by atoms with Crippen LogP contribution in [0.1, 0.15) is 58.6 Å². The molecule has 1 aromatic rings. The van der Waals surface area contributed by atoms with E-state index in [9.17, 15) is 18.0 Å². The van der Waals surface area contributed by atoms with Gasteiger partial charge in [0.15, 0.2) is 5.49 Å². The molecule has 0 radical (unpaired) electrons. The maximum atomic E-state index is 12.9. The minimum absolute atomic E-state index is 0.00285. The Morgan fingerprint density at radius 1 is 1.32 bits per heavy atom. The van der Waals surface area contributed by atoms with Crippen LogP contribution in [0.2, 0.25) is 0 Å². The lowest BCUT2D eigenvalue weighted by Crippen LogP contribution is -2.28.